The molecule has 0 atom stereocenters. The van der Waals surface area contributed by atoms with Gasteiger partial charge in [-0.1, -0.05) is 35.5 Å². The molecule has 2 aromatic heterocycles. The molecule has 0 radical (unpaired) electrons. The number of esters is 1. The van der Waals surface area contributed by atoms with Gasteiger partial charge in [0.25, 0.3) is 5.56 Å². The maximum atomic E-state index is 13.7. The van der Waals surface area contributed by atoms with Gasteiger partial charge >= 0.3 is 5.97 Å². The normalized spacial score (nSPS) is 11.0. The number of Topliss-reactive ketones (excluding diaryl/α,β-unsaturated/α-hetero) is 1. The van der Waals surface area contributed by atoms with Gasteiger partial charge in [0.15, 0.2) is 10.9 Å². The van der Waals surface area contributed by atoms with Crippen LogP contribution in [-0.4, -0.2) is 40.8 Å². The van der Waals surface area contributed by atoms with Crippen molar-refractivity contribution in [3.63, 3.8) is 0 Å². The predicted molar refractivity (Wildman–Crippen MR) is 143 cm³/mol. The van der Waals surface area contributed by atoms with E-state index in [9.17, 15) is 14.4 Å². The van der Waals surface area contributed by atoms with Crippen molar-refractivity contribution in [2.45, 2.75) is 25.5 Å². The summed E-state index contributed by atoms with van der Waals surface area (Å²) in [5, 5.41) is 1.32. The maximum Gasteiger partial charge on any atom is 0.348 e. The Balaban J connectivity index is 1.75. The van der Waals surface area contributed by atoms with Gasteiger partial charge in [0.2, 0.25) is 0 Å². The van der Waals surface area contributed by atoms with Crippen molar-refractivity contribution < 1.29 is 19.1 Å². The summed E-state index contributed by atoms with van der Waals surface area (Å²) in [4.78, 5) is 44.4. The number of methoxy groups -OCH3 is 1. The van der Waals surface area contributed by atoms with Crippen LogP contribution in [0, 0.1) is 6.92 Å². The van der Waals surface area contributed by atoms with Gasteiger partial charge in [-0.15, -0.1) is 11.3 Å². The number of thioether (sulfide) groups is 1. The van der Waals surface area contributed by atoms with Crippen LogP contribution in [0.25, 0.3) is 10.2 Å². The number of halogens is 1. The van der Waals surface area contributed by atoms with Gasteiger partial charge < -0.3 is 9.47 Å². The number of fused-ring (bicyclic) bond motifs is 1. The van der Waals surface area contributed by atoms with E-state index in [0.29, 0.717) is 42.1 Å². The highest BCUT2D eigenvalue weighted by Crippen LogP contribution is 2.30. The highest BCUT2D eigenvalue weighted by Gasteiger charge is 2.23. The van der Waals surface area contributed by atoms with E-state index in [4.69, 9.17) is 26.1 Å². The molecule has 0 saturated carbocycles. The third kappa shape index (κ3) is 5.48. The standard InChI is InChI=1S/C26H23ClN2O5S2/c1-4-34-25(32)22-15(2)21-23(36-22)28-26(35-14-20(30)17-7-9-18(27)10-8-17)29(24(21)31)13-16-5-11-19(33-3)12-6-16/h5-12H,4,13-14H2,1-3H3. The lowest BCUT2D eigenvalue weighted by atomic mass is 10.1. The number of rotatable bonds is 9. The van der Waals surface area contributed by atoms with E-state index in [2.05, 4.69) is 0 Å². The van der Waals surface area contributed by atoms with Crippen molar-refractivity contribution in [3.05, 3.63) is 85.5 Å². The Morgan fingerprint density at radius 3 is 2.44 bits per heavy atom. The Labute approximate surface area is 221 Å². The highest BCUT2D eigenvalue weighted by molar-refractivity contribution is 7.99. The molecule has 0 spiro atoms. The second-order valence-corrected chi connectivity index (χ2v) is 10.2. The first-order chi connectivity index (χ1) is 17.3. The molecule has 4 aromatic rings. The molecule has 2 heterocycles. The molecule has 4 rings (SSSR count). The topological polar surface area (TPSA) is 87.5 Å². The van der Waals surface area contributed by atoms with Crippen LogP contribution < -0.4 is 10.3 Å². The molecular weight excluding hydrogens is 520 g/mol. The molecule has 0 unspecified atom stereocenters. The zero-order valence-electron chi connectivity index (χ0n) is 19.9. The molecule has 0 bridgehead atoms. The summed E-state index contributed by atoms with van der Waals surface area (Å²) >= 11 is 8.23. The third-order valence-electron chi connectivity index (χ3n) is 5.47. The average Bonchev–Trinajstić information content (AvgIpc) is 3.21. The fraction of sp³-hybridized carbons (Fsp3) is 0.231. The summed E-state index contributed by atoms with van der Waals surface area (Å²) in [6.45, 7) is 3.93. The number of benzene rings is 2. The molecule has 0 aliphatic rings. The molecule has 0 N–H and O–H groups in total. The highest BCUT2D eigenvalue weighted by atomic mass is 35.5. The fourth-order valence-corrected chi connectivity index (χ4v) is 5.74. The first-order valence-corrected chi connectivity index (χ1v) is 13.3. The predicted octanol–water partition coefficient (Wildman–Crippen LogP) is 5.63. The minimum atomic E-state index is -0.480. The average molecular weight is 543 g/mol. The minimum absolute atomic E-state index is 0.0806. The van der Waals surface area contributed by atoms with Crippen LogP contribution in [-0.2, 0) is 11.3 Å². The molecule has 7 nitrogen and oxygen atoms in total. The SMILES string of the molecule is CCOC(=O)c1sc2nc(SCC(=O)c3ccc(Cl)cc3)n(Cc3ccc(OC)cc3)c(=O)c2c1C. The molecule has 10 heteroatoms. The number of nitrogens with zero attached hydrogens (tertiary/aromatic N) is 2. The van der Waals surface area contributed by atoms with Gasteiger partial charge in [0.1, 0.15) is 15.5 Å². The second-order valence-electron chi connectivity index (χ2n) is 7.81. The molecule has 186 valence electrons. The number of hydrogen-bond donors (Lipinski definition) is 0. The van der Waals surface area contributed by atoms with Crippen LogP contribution in [0.5, 0.6) is 5.75 Å². The number of ether oxygens (including phenoxy) is 2. The Morgan fingerprint density at radius 2 is 1.81 bits per heavy atom. The van der Waals surface area contributed by atoms with Crippen LogP contribution in [0.4, 0.5) is 0 Å². The number of aromatic nitrogens is 2. The van der Waals surface area contributed by atoms with Gasteiger partial charge in [-0.05, 0) is 61.4 Å². The summed E-state index contributed by atoms with van der Waals surface area (Å²) in [7, 11) is 1.59. The molecular formula is C26H23ClN2O5S2. The zero-order valence-corrected chi connectivity index (χ0v) is 22.3. The number of hydrogen-bond acceptors (Lipinski definition) is 8. The molecule has 36 heavy (non-hydrogen) atoms. The number of aryl methyl sites for hydroxylation is 1. The van der Waals surface area contributed by atoms with Crippen molar-refractivity contribution in [2.24, 2.45) is 0 Å². The minimum Gasteiger partial charge on any atom is -0.497 e. The van der Waals surface area contributed by atoms with Crippen molar-refractivity contribution in [1.82, 2.24) is 9.55 Å². The maximum absolute atomic E-state index is 13.7. The van der Waals surface area contributed by atoms with Crippen molar-refractivity contribution in [3.8, 4) is 5.75 Å². The first-order valence-electron chi connectivity index (χ1n) is 11.1. The van der Waals surface area contributed by atoms with E-state index >= 15 is 0 Å². The van der Waals surface area contributed by atoms with Gasteiger partial charge in [0, 0.05) is 10.6 Å². The molecule has 0 amide bonds. The lowest BCUT2D eigenvalue weighted by Crippen LogP contribution is -2.24. The van der Waals surface area contributed by atoms with E-state index in [1.54, 1.807) is 49.8 Å². The van der Waals surface area contributed by atoms with Crippen LogP contribution >= 0.6 is 34.7 Å². The lowest BCUT2D eigenvalue weighted by Gasteiger charge is -2.13. The van der Waals surface area contributed by atoms with Crippen LogP contribution in [0.2, 0.25) is 5.02 Å². The monoisotopic (exact) mass is 542 g/mol. The molecule has 0 fully saturated rings. The Hall–Kier alpha value is -3.14. The summed E-state index contributed by atoms with van der Waals surface area (Å²) in [6.07, 6.45) is 0. The summed E-state index contributed by atoms with van der Waals surface area (Å²) in [5.41, 5.74) is 1.65. The van der Waals surface area contributed by atoms with Crippen LogP contribution in [0.15, 0.2) is 58.5 Å². The van der Waals surface area contributed by atoms with Gasteiger partial charge in [-0.25, -0.2) is 9.78 Å². The van der Waals surface area contributed by atoms with Crippen molar-refractivity contribution >= 4 is 56.7 Å². The van der Waals surface area contributed by atoms with Crippen LogP contribution in [0.1, 0.15) is 38.1 Å². The number of thiophene rings is 1. The largest absolute Gasteiger partial charge is 0.497 e. The number of carbonyl (C=O) groups is 2. The zero-order chi connectivity index (χ0) is 25.8. The summed E-state index contributed by atoms with van der Waals surface area (Å²) in [5.74, 6) is 0.190. The summed E-state index contributed by atoms with van der Waals surface area (Å²) < 4.78 is 11.9. The second kappa shape index (κ2) is 11.3. The Kier molecular flexibility index (Phi) is 8.13. The fourth-order valence-electron chi connectivity index (χ4n) is 3.60. The molecule has 0 aliphatic heterocycles. The van der Waals surface area contributed by atoms with Gasteiger partial charge in [-0.2, -0.15) is 0 Å². The smallest absolute Gasteiger partial charge is 0.348 e. The van der Waals surface area contributed by atoms with Crippen LogP contribution in [0.3, 0.4) is 0 Å². The van der Waals surface area contributed by atoms with Gasteiger partial charge in [0.05, 0.1) is 31.4 Å². The quantitative estimate of drug-likeness (QED) is 0.117. The molecule has 2 aromatic carbocycles. The van der Waals surface area contributed by atoms with Crippen molar-refractivity contribution in [2.75, 3.05) is 19.5 Å². The van der Waals surface area contributed by atoms with E-state index in [0.717, 1.165) is 16.9 Å². The summed E-state index contributed by atoms with van der Waals surface area (Å²) in [6, 6.07) is 14.0. The number of ketones is 1. The first kappa shape index (κ1) is 25.9. The van der Waals surface area contributed by atoms with E-state index in [1.165, 1.54) is 11.8 Å². The third-order valence-corrected chi connectivity index (χ3v) is 7.87. The Bertz CT molecular complexity index is 1480. The lowest BCUT2D eigenvalue weighted by molar-refractivity contribution is 0.0531. The van der Waals surface area contributed by atoms with E-state index in [-0.39, 0.29) is 30.2 Å². The molecule has 0 saturated heterocycles. The number of carbonyl (C=O) groups excluding carboxylic acids is 2. The van der Waals surface area contributed by atoms with Gasteiger partial charge in [-0.3, -0.25) is 14.2 Å². The molecule has 0 aliphatic carbocycles. The van der Waals surface area contributed by atoms with E-state index in [1.807, 2.05) is 24.3 Å². The Morgan fingerprint density at radius 1 is 1.11 bits per heavy atom. The van der Waals surface area contributed by atoms with Crippen molar-refractivity contribution in [1.29, 1.82) is 0 Å². The van der Waals surface area contributed by atoms with E-state index < -0.39 is 5.97 Å².